The molecular formula is C25H40. The Morgan fingerprint density at radius 1 is 0.720 bits per heavy atom. The molecule has 0 heteroatoms. The minimum atomic E-state index is 0.600. The van der Waals surface area contributed by atoms with Crippen molar-refractivity contribution in [1.29, 1.82) is 0 Å². The summed E-state index contributed by atoms with van der Waals surface area (Å²) in [6.07, 6.45) is 18.6. The quantitative estimate of drug-likeness (QED) is 0.441. The fourth-order valence-electron chi connectivity index (χ4n) is 9.59. The summed E-state index contributed by atoms with van der Waals surface area (Å²) in [7, 11) is 0. The topological polar surface area (TPSA) is 0 Å². The van der Waals surface area contributed by atoms with Crippen molar-refractivity contribution in [3.05, 3.63) is 12.2 Å². The Balaban J connectivity index is 1.43. The molecule has 0 aromatic heterocycles. The van der Waals surface area contributed by atoms with Gasteiger partial charge < -0.3 is 0 Å². The van der Waals surface area contributed by atoms with Crippen molar-refractivity contribution >= 4 is 0 Å². The van der Waals surface area contributed by atoms with E-state index in [4.69, 9.17) is 0 Å². The minimum absolute atomic E-state index is 0.600. The van der Waals surface area contributed by atoms with Crippen molar-refractivity contribution in [1.82, 2.24) is 0 Å². The first-order valence-electron chi connectivity index (χ1n) is 11.8. The molecule has 5 aliphatic carbocycles. The van der Waals surface area contributed by atoms with Crippen LogP contribution in [0.5, 0.6) is 0 Å². The summed E-state index contributed by atoms with van der Waals surface area (Å²) >= 11 is 0. The average Bonchev–Trinajstić information content (AvgIpc) is 2.98. The zero-order chi connectivity index (χ0) is 17.2. The predicted octanol–water partition coefficient (Wildman–Crippen LogP) is 7.25. The molecule has 140 valence electrons. The second-order valence-electron chi connectivity index (χ2n) is 11.1. The molecule has 0 radical (unpaired) electrons. The Morgan fingerprint density at radius 2 is 1.40 bits per heavy atom. The van der Waals surface area contributed by atoms with Gasteiger partial charge in [-0.15, -0.1) is 0 Å². The molecule has 5 saturated carbocycles. The molecule has 0 nitrogen and oxygen atoms in total. The Labute approximate surface area is 156 Å². The highest BCUT2D eigenvalue weighted by Crippen LogP contribution is 2.67. The monoisotopic (exact) mass is 340 g/mol. The maximum absolute atomic E-state index is 4.45. The molecule has 0 aliphatic heterocycles. The zero-order valence-electron chi connectivity index (χ0n) is 16.8. The van der Waals surface area contributed by atoms with Crippen LogP contribution in [0.25, 0.3) is 0 Å². The first kappa shape index (κ1) is 16.9. The van der Waals surface area contributed by atoms with Gasteiger partial charge in [0.1, 0.15) is 0 Å². The van der Waals surface area contributed by atoms with Gasteiger partial charge >= 0.3 is 0 Å². The Kier molecular flexibility index (Phi) is 4.14. The number of rotatable bonds is 1. The van der Waals surface area contributed by atoms with Gasteiger partial charge in [0.15, 0.2) is 0 Å². The number of allylic oxidation sites excluding steroid dienone is 1. The van der Waals surface area contributed by atoms with Gasteiger partial charge in [-0.1, -0.05) is 38.3 Å². The summed E-state index contributed by atoms with van der Waals surface area (Å²) in [6.45, 7) is 9.50. The molecule has 25 heavy (non-hydrogen) atoms. The smallest absolute Gasteiger partial charge is 0.0149 e. The molecule has 5 aliphatic rings. The van der Waals surface area contributed by atoms with Crippen molar-refractivity contribution in [2.75, 3.05) is 0 Å². The van der Waals surface area contributed by atoms with Gasteiger partial charge in [0.2, 0.25) is 0 Å². The Hall–Kier alpha value is -0.260. The van der Waals surface area contributed by atoms with Crippen molar-refractivity contribution < 1.29 is 0 Å². The van der Waals surface area contributed by atoms with E-state index in [2.05, 4.69) is 20.4 Å². The van der Waals surface area contributed by atoms with E-state index in [1.165, 1.54) is 31.3 Å². The lowest BCUT2D eigenvalue weighted by Crippen LogP contribution is -2.53. The maximum atomic E-state index is 4.45. The standard InChI is InChI=1S/C25H40/c1-16(2)23-14-10-18-9-12-22-21-11-8-17-6-4-5-7-19(17)20(21)13-15-24(22)25(18,23)3/h17-24H,1,4-15H2,2-3H3. The molecule has 0 saturated heterocycles. The molecule has 0 heterocycles. The van der Waals surface area contributed by atoms with Crippen LogP contribution < -0.4 is 0 Å². The van der Waals surface area contributed by atoms with Crippen LogP contribution in [0.1, 0.15) is 90.9 Å². The van der Waals surface area contributed by atoms with E-state index in [0.29, 0.717) is 5.41 Å². The highest BCUT2D eigenvalue weighted by atomic mass is 14.6. The van der Waals surface area contributed by atoms with Crippen LogP contribution in [-0.2, 0) is 0 Å². The Bertz CT molecular complexity index is 532. The van der Waals surface area contributed by atoms with E-state index in [9.17, 15) is 0 Å². The second kappa shape index (κ2) is 6.13. The molecule has 0 aromatic rings. The molecule has 9 unspecified atom stereocenters. The van der Waals surface area contributed by atoms with E-state index in [1.807, 2.05) is 0 Å². The molecule has 0 N–H and O–H groups in total. The van der Waals surface area contributed by atoms with Gasteiger partial charge in [-0.2, -0.15) is 0 Å². The number of hydrogen-bond acceptors (Lipinski definition) is 0. The van der Waals surface area contributed by atoms with Crippen LogP contribution in [0.4, 0.5) is 0 Å². The van der Waals surface area contributed by atoms with Gasteiger partial charge in [-0.25, -0.2) is 0 Å². The molecule has 0 amide bonds. The summed E-state index contributed by atoms with van der Waals surface area (Å²) in [4.78, 5) is 0. The zero-order valence-corrected chi connectivity index (χ0v) is 16.8. The normalized spacial score (nSPS) is 54.8. The van der Waals surface area contributed by atoms with E-state index in [0.717, 1.165) is 47.3 Å². The fourth-order valence-corrected chi connectivity index (χ4v) is 9.59. The van der Waals surface area contributed by atoms with Gasteiger partial charge in [0, 0.05) is 0 Å². The Morgan fingerprint density at radius 3 is 2.24 bits per heavy atom. The van der Waals surface area contributed by atoms with E-state index in [1.54, 1.807) is 51.4 Å². The number of fused-ring (bicyclic) bond motifs is 7. The lowest BCUT2D eigenvalue weighted by atomic mass is 9.45. The third-order valence-corrected chi connectivity index (χ3v) is 10.5. The van der Waals surface area contributed by atoms with Crippen molar-refractivity contribution in [2.45, 2.75) is 90.9 Å². The van der Waals surface area contributed by atoms with Gasteiger partial charge in [0.25, 0.3) is 0 Å². The molecule has 0 aromatic carbocycles. The number of hydrogen-bond donors (Lipinski definition) is 0. The molecule has 0 spiro atoms. The largest absolute Gasteiger partial charge is 0.0998 e. The highest BCUT2D eigenvalue weighted by molar-refractivity contribution is 5.15. The summed E-state index contributed by atoms with van der Waals surface area (Å²) in [6, 6.07) is 0. The fraction of sp³-hybridized carbons (Fsp3) is 0.920. The van der Waals surface area contributed by atoms with Gasteiger partial charge in [-0.05, 0) is 117 Å². The molecular weight excluding hydrogens is 300 g/mol. The van der Waals surface area contributed by atoms with Gasteiger partial charge in [0.05, 0.1) is 0 Å². The van der Waals surface area contributed by atoms with Crippen molar-refractivity contribution in [3.8, 4) is 0 Å². The van der Waals surface area contributed by atoms with Crippen LogP contribution >= 0.6 is 0 Å². The van der Waals surface area contributed by atoms with Gasteiger partial charge in [-0.3, -0.25) is 0 Å². The SMILES string of the molecule is C=C(C)C1CCC2CCC3C4CCC5CCCCC5C4CCC3C21C. The van der Waals surface area contributed by atoms with E-state index < -0.39 is 0 Å². The van der Waals surface area contributed by atoms with Crippen molar-refractivity contribution in [3.63, 3.8) is 0 Å². The molecule has 5 rings (SSSR count). The molecule has 9 atom stereocenters. The first-order valence-corrected chi connectivity index (χ1v) is 11.8. The van der Waals surface area contributed by atoms with Crippen LogP contribution in [0.3, 0.4) is 0 Å². The van der Waals surface area contributed by atoms with Crippen LogP contribution in [-0.4, -0.2) is 0 Å². The highest BCUT2D eigenvalue weighted by Gasteiger charge is 2.59. The second-order valence-corrected chi connectivity index (χ2v) is 11.1. The maximum Gasteiger partial charge on any atom is -0.0149 e. The van der Waals surface area contributed by atoms with Crippen LogP contribution in [0, 0.1) is 52.8 Å². The summed E-state index contributed by atoms with van der Waals surface area (Å²) < 4.78 is 0. The van der Waals surface area contributed by atoms with Crippen LogP contribution in [0.15, 0.2) is 12.2 Å². The lowest BCUT2D eigenvalue weighted by Gasteiger charge is -2.60. The lowest BCUT2D eigenvalue weighted by molar-refractivity contribution is -0.107. The van der Waals surface area contributed by atoms with E-state index in [-0.39, 0.29) is 0 Å². The van der Waals surface area contributed by atoms with Crippen LogP contribution in [0.2, 0.25) is 0 Å². The predicted molar refractivity (Wildman–Crippen MR) is 106 cm³/mol. The minimum Gasteiger partial charge on any atom is -0.0998 e. The summed E-state index contributed by atoms with van der Waals surface area (Å²) in [5.74, 6) is 8.39. The summed E-state index contributed by atoms with van der Waals surface area (Å²) in [5.41, 5.74) is 2.10. The third kappa shape index (κ3) is 2.37. The average molecular weight is 341 g/mol. The third-order valence-electron chi connectivity index (χ3n) is 10.5. The van der Waals surface area contributed by atoms with Crippen molar-refractivity contribution in [2.24, 2.45) is 52.8 Å². The molecule has 5 fully saturated rings. The van der Waals surface area contributed by atoms with E-state index >= 15 is 0 Å². The summed E-state index contributed by atoms with van der Waals surface area (Å²) in [5, 5.41) is 0. The molecule has 0 bridgehead atoms. The first-order chi connectivity index (χ1) is 12.1.